The van der Waals surface area contributed by atoms with E-state index in [1.807, 2.05) is 67.0 Å². The highest BCUT2D eigenvalue weighted by Crippen LogP contribution is 2.29. The van der Waals surface area contributed by atoms with Gasteiger partial charge in [0.1, 0.15) is 18.1 Å². The van der Waals surface area contributed by atoms with Crippen molar-refractivity contribution in [2.75, 3.05) is 44.2 Å². The number of rotatable bonds is 7. The number of aromatic nitrogens is 1. The second kappa shape index (κ2) is 10.2. The van der Waals surface area contributed by atoms with Crippen LogP contribution >= 0.6 is 0 Å². The lowest BCUT2D eigenvalue weighted by Crippen LogP contribution is -2.51. The van der Waals surface area contributed by atoms with Crippen LogP contribution in [0.1, 0.15) is 31.1 Å². The van der Waals surface area contributed by atoms with Crippen molar-refractivity contribution in [3.8, 4) is 11.5 Å². The number of piperazine rings is 1. The van der Waals surface area contributed by atoms with E-state index in [-0.39, 0.29) is 17.8 Å². The van der Waals surface area contributed by atoms with Gasteiger partial charge in [0.05, 0.1) is 11.4 Å². The van der Waals surface area contributed by atoms with Crippen LogP contribution < -0.4 is 4.90 Å². The van der Waals surface area contributed by atoms with Crippen LogP contribution in [0, 0.1) is 12.7 Å². The summed E-state index contributed by atoms with van der Waals surface area (Å²) in [6, 6.07) is 14.7. The molecule has 0 aliphatic carbocycles. The summed E-state index contributed by atoms with van der Waals surface area (Å²) in [6.07, 6.45) is 1.56. The molecule has 7 heteroatoms. The molecule has 1 aliphatic rings. The monoisotopic (exact) mass is 450 g/mol. The molecule has 3 aromatic rings. The molecule has 0 N–H and O–H groups in total. The summed E-state index contributed by atoms with van der Waals surface area (Å²) in [6.45, 7) is 9.85. The van der Waals surface area contributed by atoms with Crippen LogP contribution in [-0.2, 0) is 4.79 Å². The number of anilines is 1. The molecule has 0 saturated carbocycles. The number of aryl methyl sites for hydroxylation is 1. The Morgan fingerprint density at radius 2 is 1.79 bits per heavy atom. The van der Waals surface area contributed by atoms with Gasteiger partial charge in [0.25, 0.3) is 0 Å². The molecule has 1 aromatic heterocycles. The van der Waals surface area contributed by atoms with Crippen molar-refractivity contribution in [3.63, 3.8) is 0 Å². The van der Waals surface area contributed by atoms with Gasteiger partial charge in [0.15, 0.2) is 0 Å². The molecular weight excluding hydrogens is 419 g/mol. The van der Waals surface area contributed by atoms with E-state index in [0.717, 1.165) is 11.3 Å². The third-order valence-electron chi connectivity index (χ3n) is 6.26. The molecule has 1 aliphatic heterocycles. The zero-order valence-corrected chi connectivity index (χ0v) is 19.5. The lowest BCUT2D eigenvalue weighted by Gasteiger charge is -2.41. The smallest absolute Gasteiger partial charge is 0.244 e. The first-order valence-electron chi connectivity index (χ1n) is 11.6. The average molecular weight is 451 g/mol. The maximum absolute atomic E-state index is 15.0. The molecule has 1 fully saturated rings. The molecule has 0 bridgehead atoms. The lowest BCUT2D eigenvalue weighted by atomic mass is 10.0. The number of carbonyl (C=O) groups is 1. The molecule has 174 valence electrons. The fraction of sp³-hybridized carbons (Fsp3) is 0.385. The van der Waals surface area contributed by atoms with Gasteiger partial charge in [-0.05, 0) is 44.5 Å². The van der Waals surface area contributed by atoms with Crippen molar-refractivity contribution in [1.82, 2.24) is 14.8 Å². The van der Waals surface area contributed by atoms with E-state index in [1.165, 1.54) is 6.07 Å². The Balaban J connectivity index is 1.50. The van der Waals surface area contributed by atoms with E-state index in [1.54, 1.807) is 12.3 Å². The summed E-state index contributed by atoms with van der Waals surface area (Å²) in [7, 11) is 0. The fourth-order valence-corrected chi connectivity index (χ4v) is 4.46. The first-order valence-corrected chi connectivity index (χ1v) is 11.6. The van der Waals surface area contributed by atoms with Crippen LogP contribution in [0.3, 0.4) is 0 Å². The topological polar surface area (TPSA) is 52.8 Å². The molecule has 6 nitrogen and oxygen atoms in total. The number of nitrogens with zero attached hydrogens (tertiary/aromatic N) is 4. The highest BCUT2D eigenvalue weighted by atomic mass is 19.1. The third-order valence-corrected chi connectivity index (χ3v) is 6.26. The van der Waals surface area contributed by atoms with E-state index in [9.17, 15) is 9.18 Å². The quantitative estimate of drug-likeness (QED) is 0.530. The maximum atomic E-state index is 15.0. The number of amides is 1. The highest BCUT2D eigenvalue weighted by Gasteiger charge is 2.33. The van der Waals surface area contributed by atoms with Gasteiger partial charge >= 0.3 is 0 Å². The Morgan fingerprint density at radius 3 is 2.36 bits per heavy atom. The first kappa shape index (κ1) is 23.0. The van der Waals surface area contributed by atoms with Crippen LogP contribution in [0.4, 0.5) is 10.1 Å². The van der Waals surface area contributed by atoms with E-state index in [0.29, 0.717) is 56.4 Å². The maximum Gasteiger partial charge on any atom is 0.244 e. The fourth-order valence-electron chi connectivity index (χ4n) is 4.46. The van der Waals surface area contributed by atoms with Crippen LogP contribution in [0.5, 0.6) is 0 Å². The number of halogens is 1. The van der Waals surface area contributed by atoms with Gasteiger partial charge in [-0.3, -0.25) is 9.69 Å². The van der Waals surface area contributed by atoms with E-state index < -0.39 is 0 Å². The molecule has 1 saturated heterocycles. The minimum atomic E-state index is -0.325. The second-order valence-electron chi connectivity index (χ2n) is 8.31. The standard InChI is InChI=1S/C26H31FN4O2/c1-4-29(5-2)26(32)24(20-9-7-6-8-10-20)31-15-13-30(14-16-31)23-12-11-21(17-22(23)27)25-28-19(3)18-33-25/h6-12,17-18,24H,4-5,13-16H2,1-3H3. The number of oxazole rings is 1. The minimum Gasteiger partial charge on any atom is -0.444 e. The Morgan fingerprint density at radius 1 is 1.09 bits per heavy atom. The van der Waals surface area contributed by atoms with E-state index in [2.05, 4.69) is 9.88 Å². The van der Waals surface area contributed by atoms with Gasteiger partial charge in [-0.25, -0.2) is 9.37 Å². The molecule has 33 heavy (non-hydrogen) atoms. The van der Waals surface area contributed by atoms with Crippen molar-refractivity contribution in [2.45, 2.75) is 26.8 Å². The molecule has 4 rings (SSSR count). The Labute approximate surface area is 194 Å². The van der Waals surface area contributed by atoms with Gasteiger partial charge in [-0.1, -0.05) is 30.3 Å². The summed E-state index contributed by atoms with van der Waals surface area (Å²) in [4.78, 5) is 23.8. The molecule has 2 aromatic carbocycles. The van der Waals surface area contributed by atoms with E-state index >= 15 is 0 Å². The molecule has 0 spiro atoms. The zero-order valence-electron chi connectivity index (χ0n) is 19.5. The van der Waals surface area contributed by atoms with Crippen LogP contribution in [0.2, 0.25) is 0 Å². The number of hydrogen-bond acceptors (Lipinski definition) is 5. The summed E-state index contributed by atoms with van der Waals surface area (Å²) >= 11 is 0. The van der Waals surface area contributed by atoms with Crippen molar-refractivity contribution < 1.29 is 13.6 Å². The molecule has 1 amide bonds. The molecule has 1 unspecified atom stereocenters. The van der Waals surface area contributed by atoms with Crippen LogP contribution in [0.25, 0.3) is 11.5 Å². The number of benzene rings is 2. The van der Waals surface area contributed by atoms with Gasteiger partial charge in [0.2, 0.25) is 11.8 Å². The number of hydrogen-bond donors (Lipinski definition) is 0. The van der Waals surface area contributed by atoms with Gasteiger partial charge in [-0.2, -0.15) is 0 Å². The molecule has 2 heterocycles. The number of carbonyl (C=O) groups excluding carboxylic acids is 1. The third kappa shape index (κ3) is 4.93. The molecular formula is C26H31FN4O2. The van der Waals surface area contributed by atoms with Gasteiger partial charge in [-0.15, -0.1) is 0 Å². The molecule has 1 atom stereocenters. The van der Waals surface area contributed by atoms with Crippen molar-refractivity contribution in [1.29, 1.82) is 0 Å². The van der Waals surface area contributed by atoms with Crippen molar-refractivity contribution >= 4 is 11.6 Å². The molecule has 0 radical (unpaired) electrons. The second-order valence-corrected chi connectivity index (χ2v) is 8.31. The van der Waals surface area contributed by atoms with E-state index in [4.69, 9.17) is 4.42 Å². The zero-order chi connectivity index (χ0) is 23.4. The Kier molecular flexibility index (Phi) is 7.08. The minimum absolute atomic E-state index is 0.122. The SMILES string of the molecule is CCN(CC)C(=O)C(c1ccccc1)N1CCN(c2ccc(-c3nc(C)co3)cc2F)CC1. The predicted octanol–water partition coefficient (Wildman–Crippen LogP) is 4.52. The van der Waals surface area contributed by atoms with Crippen LogP contribution in [-0.4, -0.2) is 60.0 Å². The summed E-state index contributed by atoms with van der Waals surface area (Å²) in [5.41, 5.74) is 2.95. The Hall–Kier alpha value is -3.19. The highest BCUT2D eigenvalue weighted by molar-refractivity contribution is 5.83. The normalized spacial score (nSPS) is 15.5. The van der Waals surface area contributed by atoms with Crippen LogP contribution in [0.15, 0.2) is 59.2 Å². The first-order chi connectivity index (χ1) is 16.0. The van der Waals surface area contributed by atoms with Gasteiger partial charge in [0, 0.05) is 44.8 Å². The summed E-state index contributed by atoms with van der Waals surface area (Å²) < 4.78 is 20.4. The average Bonchev–Trinajstić information content (AvgIpc) is 3.28. The Bertz CT molecular complexity index is 1070. The van der Waals surface area contributed by atoms with Crippen molar-refractivity contribution in [3.05, 3.63) is 71.9 Å². The summed E-state index contributed by atoms with van der Waals surface area (Å²) in [5.74, 6) is 0.246. The summed E-state index contributed by atoms with van der Waals surface area (Å²) in [5, 5.41) is 0. The van der Waals surface area contributed by atoms with Gasteiger partial charge < -0.3 is 14.2 Å². The number of likely N-dealkylation sites (N-methyl/N-ethyl adjacent to an activating group) is 1. The van der Waals surface area contributed by atoms with Crippen molar-refractivity contribution in [2.24, 2.45) is 0 Å². The largest absolute Gasteiger partial charge is 0.444 e. The predicted molar refractivity (Wildman–Crippen MR) is 128 cm³/mol. The lowest BCUT2D eigenvalue weighted by molar-refractivity contribution is -0.137.